The summed E-state index contributed by atoms with van der Waals surface area (Å²) in [5, 5.41) is 7.51. The van der Waals surface area contributed by atoms with E-state index in [-0.39, 0.29) is 17.7 Å². The number of rotatable bonds is 5. The van der Waals surface area contributed by atoms with Gasteiger partial charge in [0.05, 0.1) is 6.42 Å². The van der Waals surface area contributed by atoms with E-state index in [0.29, 0.717) is 18.1 Å². The van der Waals surface area contributed by atoms with Crippen LogP contribution in [0.25, 0.3) is 5.78 Å². The minimum Gasteiger partial charge on any atom is -0.355 e. The molecule has 26 heavy (non-hydrogen) atoms. The van der Waals surface area contributed by atoms with Crippen molar-refractivity contribution in [1.82, 2.24) is 24.9 Å². The molecule has 0 atom stereocenters. The number of nitrogens with zero attached hydrogens (tertiary/aromatic N) is 4. The van der Waals surface area contributed by atoms with E-state index in [2.05, 4.69) is 44.6 Å². The van der Waals surface area contributed by atoms with Crippen molar-refractivity contribution in [2.45, 2.75) is 44.9 Å². The molecular formula is C20H23N5O. The molecule has 1 N–H and O–H groups in total. The number of carbonyl (C=O) groups is 1. The fourth-order valence-corrected chi connectivity index (χ4v) is 3.72. The fraction of sp³-hybridized carbons (Fsp3) is 0.400. The molecule has 1 aliphatic rings. The number of carbonyl (C=O) groups excluding carboxylic acids is 1. The first-order valence-corrected chi connectivity index (χ1v) is 9.08. The van der Waals surface area contributed by atoms with Gasteiger partial charge in [0.2, 0.25) is 5.91 Å². The summed E-state index contributed by atoms with van der Waals surface area (Å²) in [6, 6.07) is 12.4. The summed E-state index contributed by atoms with van der Waals surface area (Å²) in [5.74, 6) is 1.01. The lowest BCUT2D eigenvalue weighted by Gasteiger charge is -2.42. The van der Waals surface area contributed by atoms with E-state index in [4.69, 9.17) is 0 Å². The van der Waals surface area contributed by atoms with Gasteiger partial charge in [-0.25, -0.2) is 9.50 Å². The normalized spacial score (nSPS) is 15.6. The zero-order valence-corrected chi connectivity index (χ0v) is 15.2. The zero-order valence-electron chi connectivity index (χ0n) is 15.2. The lowest BCUT2D eigenvalue weighted by Crippen LogP contribution is -2.46. The summed E-state index contributed by atoms with van der Waals surface area (Å²) in [6.45, 7) is 4.55. The molecule has 0 unspecified atom stereocenters. The number of nitrogens with one attached hydrogen (secondary N) is 1. The molecular weight excluding hydrogens is 326 g/mol. The first-order valence-electron chi connectivity index (χ1n) is 9.08. The van der Waals surface area contributed by atoms with Crippen LogP contribution in [0.1, 0.15) is 42.0 Å². The predicted octanol–water partition coefficient (Wildman–Crippen LogP) is 2.52. The highest BCUT2D eigenvalue weighted by Gasteiger charge is 2.38. The molecule has 6 heteroatoms. The molecule has 1 saturated carbocycles. The molecule has 0 bridgehead atoms. The Morgan fingerprint density at radius 3 is 2.65 bits per heavy atom. The van der Waals surface area contributed by atoms with E-state index in [0.717, 1.165) is 24.2 Å². The topological polar surface area (TPSA) is 72.2 Å². The van der Waals surface area contributed by atoms with Gasteiger partial charge in [-0.05, 0) is 38.3 Å². The van der Waals surface area contributed by atoms with Crippen LogP contribution in [-0.2, 0) is 16.6 Å². The van der Waals surface area contributed by atoms with Crippen LogP contribution in [0.2, 0.25) is 0 Å². The predicted molar refractivity (Wildman–Crippen MR) is 98.9 cm³/mol. The maximum absolute atomic E-state index is 12.4. The van der Waals surface area contributed by atoms with Gasteiger partial charge >= 0.3 is 0 Å². The third-order valence-corrected chi connectivity index (χ3v) is 5.30. The van der Waals surface area contributed by atoms with Crippen LogP contribution in [0, 0.1) is 13.8 Å². The minimum atomic E-state index is -0.0440. The molecule has 1 aliphatic carbocycles. The Bertz CT molecular complexity index is 943. The van der Waals surface area contributed by atoms with E-state index in [1.54, 1.807) is 4.52 Å². The smallest absolute Gasteiger partial charge is 0.252 e. The largest absolute Gasteiger partial charge is 0.355 e. The molecule has 1 aromatic carbocycles. The maximum atomic E-state index is 12.4. The van der Waals surface area contributed by atoms with Gasteiger partial charge in [-0.15, -0.1) is 5.10 Å². The number of amides is 1. The minimum absolute atomic E-state index is 0.0440. The Morgan fingerprint density at radius 1 is 1.19 bits per heavy atom. The zero-order chi connectivity index (χ0) is 18.1. The Kier molecular flexibility index (Phi) is 4.18. The number of benzene rings is 1. The highest BCUT2D eigenvalue weighted by molar-refractivity contribution is 5.78. The summed E-state index contributed by atoms with van der Waals surface area (Å²) >= 11 is 0. The Morgan fingerprint density at radius 2 is 1.96 bits per heavy atom. The first kappa shape index (κ1) is 16.7. The van der Waals surface area contributed by atoms with Crippen LogP contribution in [0.5, 0.6) is 0 Å². The van der Waals surface area contributed by atoms with Gasteiger partial charge in [0.1, 0.15) is 0 Å². The third-order valence-electron chi connectivity index (χ3n) is 5.30. The molecule has 6 nitrogen and oxygen atoms in total. The first-order chi connectivity index (χ1) is 12.6. The van der Waals surface area contributed by atoms with Crippen LogP contribution >= 0.6 is 0 Å². The molecule has 3 aromatic rings. The molecule has 0 aliphatic heterocycles. The average molecular weight is 349 g/mol. The van der Waals surface area contributed by atoms with Crippen molar-refractivity contribution in [1.29, 1.82) is 0 Å². The highest BCUT2D eigenvalue weighted by Crippen LogP contribution is 2.43. The van der Waals surface area contributed by atoms with E-state index in [9.17, 15) is 4.79 Å². The second kappa shape index (κ2) is 6.52. The van der Waals surface area contributed by atoms with E-state index < -0.39 is 0 Å². The maximum Gasteiger partial charge on any atom is 0.252 e. The van der Waals surface area contributed by atoms with Crippen molar-refractivity contribution < 1.29 is 4.79 Å². The number of hydrogen-bond acceptors (Lipinski definition) is 4. The van der Waals surface area contributed by atoms with Crippen LogP contribution in [0.4, 0.5) is 0 Å². The molecule has 134 valence electrons. The van der Waals surface area contributed by atoms with Crippen LogP contribution < -0.4 is 5.32 Å². The van der Waals surface area contributed by atoms with Crippen molar-refractivity contribution in [2.24, 2.45) is 0 Å². The summed E-state index contributed by atoms with van der Waals surface area (Å²) in [7, 11) is 0. The number of fused-ring (bicyclic) bond motifs is 1. The van der Waals surface area contributed by atoms with Gasteiger partial charge in [-0.2, -0.15) is 4.98 Å². The number of aryl methyl sites for hydroxylation is 2. The number of aromatic nitrogens is 4. The second-order valence-corrected chi connectivity index (χ2v) is 7.23. The Hall–Kier alpha value is -2.76. The average Bonchev–Trinajstić information content (AvgIpc) is 2.97. The monoisotopic (exact) mass is 349 g/mol. The molecule has 2 heterocycles. The molecule has 0 saturated heterocycles. The van der Waals surface area contributed by atoms with Gasteiger partial charge in [0, 0.05) is 23.3 Å². The molecule has 1 fully saturated rings. The number of hydrogen-bond donors (Lipinski definition) is 1. The SMILES string of the molecule is Cc1cc(C)n2nc(CC(=O)NCC3(c4ccccc4)CCC3)nc2n1. The van der Waals surface area contributed by atoms with Gasteiger partial charge in [-0.1, -0.05) is 36.8 Å². The summed E-state index contributed by atoms with van der Waals surface area (Å²) < 4.78 is 1.69. The highest BCUT2D eigenvalue weighted by atomic mass is 16.1. The molecule has 2 aromatic heterocycles. The van der Waals surface area contributed by atoms with Gasteiger partial charge in [0.15, 0.2) is 5.82 Å². The van der Waals surface area contributed by atoms with Crippen LogP contribution in [0.15, 0.2) is 36.4 Å². The van der Waals surface area contributed by atoms with E-state index >= 15 is 0 Å². The van der Waals surface area contributed by atoms with Gasteiger partial charge in [-0.3, -0.25) is 4.79 Å². The van der Waals surface area contributed by atoms with Crippen molar-refractivity contribution in [3.8, 4) is 0 Å². The van der Waals surface area contributed by atoms with Crippen LogP contribution in [-0.4, -0.2) is 32.0 Å². The quantitative estimate of drug-likeness (QED) is 0.768. The Labute approximate surface area is 152 Å². The fourth-order valence-electron chi connectivity index (χ4n) is 3.72. The molecule has 0 radical (unpaired) electrons. The molecule has 0 spiro atoms. The van der Waals surface area contributed by atoms with E-state index in [1.807, 2.05) is 26.0 Å². The molecule has 4 rings (SSSR count). The van der Waals surface area contributed by atoms with Crippen molar-refractivity contribution in [3.05, 3.63) is 59.2 Å². The Balaban J connectivity index is 1.44. The van der Waals surface area contributed by atoms with Gasteiger partial charge < -0.3 is 5.32 Å². The lowest BCUT2D eigenvalue weighted by molar-refractivity contribution is -0.121. The third kappa shape index (κ3) is 3.07. The van der Waals surface area contributed by atoms with Crippen molar-refractivity contribution >= 4 is 11.7 Å². The summed E-state index contributed by atoms with van der Waals surface area (Å²) in [4.78, 5) is 21.2. The lowest BCUT2D eigenvalue weighted by atomic mass is 9.64. The second-order valence-electron chi connectivity index (χ2n) is 7.23. The van der Waals surface area contributed by atoms with E-state index in [1.165, 1.54) is 12.0 Å². The summed E-state index contributed by atoms with van der Waals surface area (Å²) in [6.07, 6.45) is 3.62. The molecule has 1 amide bonds. The van der Waals surface area contributed by atoms with Crippen molar-refractivity contribution in [2.75, 3.05) is 6.54 Å². The van der Waals surface area contributed by atoms with Crippen molar-refractivity contribution in [3.63, 3.8) is 0 Å². The standard InChI is InChI=1S/C20H23N5O/c1-14-11-15(2)25-19(22-14)23-17(24-25)12-18(26)21-13-20(9-6-10-20)16-7-4-3-5-8-16/h3-5,7-8,11H,6,9-10,12-13H2,1-2H3,(H,21,26). The van der Waals surface area contributed by atoms with Crippen LogP contribution in [0.3, 0.4) is 0 Å². The van der Waals surface area contributed by atoms with Gasteiger partial charge in [0.25, 0.3) is 5.78 Å². The summed E-state index contributed by atoms with van der Waals surface area (Å²) in [5.41, 5.74) is 3.25.